The van der Waals surface area contributed by atoms with Crippen LogP contribution in [-0.4, -0.2) is 26.1 Å². The molecule has 9 nitrogen and oxygen atoms in total. The number of thioether (sulfide) groups is 1. The number of azo groups is 1. The van der Waals surface area contributed by atoms with Crippen molar-refractivity contribution in [2.24, 2.45) is 10.2 Å². The summed E-state index contributed by atoms with van der Waals surface area (Å²) in [5.74, 6) is -0.596. The molecule has 1 aliphatic rings. The van der Waals surface area contributed by atoms with Gasteiger partial charge in [-0.2, -0.15) is 5.11 Å². The highest BCUT2D eigenvalue weighted by atomic mass is 32.2. The molecule has 1 aliphatic heterocycles. The maximum absolute atomic E-state index is 12.9. The molecule has 4 aromatic rings. The van der Waals surface area contributed by atoms with E-state index in [-0.39, 0.29) is 22.9 Å². The van der Waals surface area contributed by atoms with Crippen LogP contribution in [0.4, 0.5) is 21.9 Å². The fourth-order valence-electron chi connectivity index (χ4n) is 3.81. The van der Waals surface area contributed by atoms with Crippen LogP contribution in [-0.2, 0) is 11.3 Å². The van der Waals surface area contributed by atoms with E-state index in [0.717, 1.165) is 27.4 Å². The first-order valence-corrected chi connectivity index (χ1v) is 11.9. The molecule has 10 heteroatoms. The Morgan fingerprint density at radius 3 is 2.49 bits per heavy atom. The molecule has 4 aromatic carbocycles. The topological polar surface area (TPSA) is 125 Å². The Balaban J connectivity index is 1.37. The van der Waals surface area contributed by atoms with E-state index in [1.165, 1.54) is 36.4 Å². The Kier molecular flexibility index (Phi) is 6.48. The molecule has 0 saturated carbocycles. The number of hydrogen-bond acceptors (Lipinski definition) is 8. The van der Waals surface area contributed by atoms with Crippen LogP contribution in [0.1, 0.15) is 11.1 Å². The maximum atomic E-state index is 12.9. The number of aromatic hydroxyl groups is 1. The van der Waals surface area contributed by atoms with Gasteiger partial charge >= 0.3 is 0 Å². The SMILES string of the molecule is O=C1S/C(=C\c2cc(N=Nc3cccc4ccccc34)ccc2O)C(=O)N1Cc1ccc([N+](=O)[O-])cc1. The summed E-state index contributed by atoms with van der Waals surface area (Å²) in [6.45, 7) is -0.0226. The number of nitrogens with zero attached hydrogens (tertiary/aromatic N) is 4. The number of phenolic OH excluding ortho intramolecular Hbond substituents is 1. The molecule has 0 aliphatic carbocycles. The number of carbonyl (C=O) groups excluding carboxylic acids is 2. The van der Waals surface area contributed by atoms with E-state index in [1.807, 2.05) is 42.5 Å². The zero-order chi connectivity index (χ0) is 25.9. The van der Waals surface area contributed by atoms with E-state index < -0.39 is 16.1 Å². The molecule has 182 valence electrons. The maximum Gasteiger partial charge on any atom is 0.293 e. The van der Waals surface area contributed by atoms with Crippen molar-refractivity contribution >= 4 is 56.8 Å². The molecule has 0 spiro atoms. The van der Waals surface area contributed by atoms with Gasteiger partial charge in [-0.25, -0.2) is 0 Å². The molecule has 1 heterocycles. The van der Waals surface area contributed by atoms with Gasteiger partial charge in [0.05, 0.1) is 27.7 Å². The third kappa shape index (κ3) is 5.09. The number of hydrogen-bond donors (Lipinski definition) is 1. The quantitative estimate of drug-likeness (QED) is 0.128. The number of fused-ring (bicyclic) bond motifs is 1. The lowest BCUT2D eigenvalue weighted by Crippen LogP contribution is -2.27. The summed E-state index contributed by atoms with van der Waals surface area (Å²) in [6, 6.07) is 23.8. The first kappa shape index (κ1) is 23.9. The normalized spacial score (nSPS) is 14.8. The Bertz CT molecular complexity index is 1610. The predicted molar refractivity (Wildman–Crippen MR) is 141 cm³/mol. The van der Waals surface area contributed by atoms with Crippen LogP contribution < -0.4 is 0 Å². The van der Waals surface area contributed by atoms with E-state index in [4.69, 9.17) is 0 Å². The third-order valence-electron chi connectivity index (χ3n) is 5.70. The molecule has 0 atom stereocenters. The fourth-order valence-corrected chi connectivity index (χ4v) is 4.64. The van der Waals surface area contributed by atoms with E-state index in [9.17, 15) is 24.8 Å². The van der Waals surface area contributed by atoms with Crippen molar-refractivity contribution in [3.63, 3.8) is 0 Å². The number of non-ortho nitro benzene ring substituents is 1. The lowest BCUT2D eigenvalue weighted by atomic mass is 10.1. The van der Waals surface area contributed by atoms with Crippen LogP contribution in [0.15, 0.2) is 100 Å². The zero-order valence-electron chi connectivity index (χ0n) is 19.1. The van der Waals surface area contributed by atoms with Gasteiger partial charge in [0.15, 0.2) is 0 Å². The van der Waals surface area contributed by atoms with Crippen LogP contribution >= 0.6 is 11.8 Å². The Morgan fingerprint density at radius 2 is 1.70 bits per heavy atom. The molecule has 1 saturated heterocycles. The van der Waals surface area contributed by atoms with Gasteiger partial charge in [0.25, 0.3) is 16.8 Å². The number of benzene rings is 4. The summed E-state index contributed by atoms with van der Waals surface area (Å²) in [6.07, 6.45) is 1.44. The number of imide groups is 1. The Morgan fingerprint density at radius 1 is 0.946 bits per heavy atom. The lowest BCUT2D eigenvalue weighted by molar-refractivity contribution is -0.384. The van der Waals surface area contributed by atoms with Crippen molar-refractivity contribution in [1.29, 1.82) is 0 Å². The highest BCUT2D eigenvalue weighted by Gasteiger charge is 2.35. The minimum absolute atomic E-state index is 0.0226. The van der Waals surface area contributed by atoms with Crippen molar-refractivity contribution in [2.45, 2.75) is 6.54 Å². The molecular formula is C27H18N4O5S. The number of phenols is 1. The van der Waals surface area contributed by atoms with Crippen LogP contribution in [0.2, 0.25) is 0 Å². The second kappa shape index (κ2) is 10.0. The Labute approximate surface area is 214 Å². The summed E-state index contributed by atoms with van der Waals surface area (Å²) < 4.78 is 0. The van der Waals surface area contributed by atoms with Crippen LogP contribution in [0, 0.1) is 10.1 Å². The van der Waals surface area contributed by atoms with Gasteiger partial charge in [0, 0.05) is 23.1 Å². The summed E-state index contributed by atoms with van der Waals surface area (Å²) in [7, 11) is 0. The van der Waals surface area contributed by atoms with Crippen molar-refractivity contribution in [3.05, 3.63) is 111 Å². The van der Waals surface area contributed by atoms with Crippen molar-refractivity contribution in [2.75, 3.05) is 0 Å². The number of amides is 2. The molecule has 0 unspecified atom stereocenters. The predicted octanol–water partition coefficient (Wildman–Crippen LogP) is 7.11. The van der Waals surface area contributed by atoms with Gasteiger partial charge in [-0.15, -0.1) is 5.11 Å². The summed E-state index contributed by atoms with van der Waals surface area (Å²) in [4.78, 5) is 36.9. The highest BCUT2D eigenvalue weighted by molar-refractivity contribution is 8.18. The largest absolute Gasteiger partial charge is 0.507 e. The van der Waals surface area contributed by atoms with Crippen LogP contribution in [0.25, 0.3) is 16.8 Å². The zero-order valence-corrected chi connectivity index (χ0v) is 20.0. The van der Waals surface area contributed by atoms with Crippen LogP contribution in [0.5, 0.6) is 5.75 Å². The molecule has 1 N–H and O–H groups in total. The van der Waals surface area contributed by atoms with Crippen LogP contribution in [0.3, 0.4) is 0 Å². The first-order valence-electron chi connectivity index (χ1n) is 11.1. The average molecular weight is 511 g/mol. The van der Waals surface area contributed by atoms with Gasteiger partial charge < -0.3 is 5.11 Å². The molecule has 0 bridgehead atoms. The number of rotatable bonds is 6. The standard InChI is InChI=1S/C27H18N4O5S/c32-24-13-10-20(28-29-23-7-3-5-18-4-1-2-6-22(18)23)14-19(24)15-25-26(33)30(27(34)37-25)16-17-8-11-21(12-9-17)31(35)36/h1-15,32H,16H2/b25-15-,29-28?. The van der Waals surface area contributed by atoms with E-state index in [2.05, 4.69) is 10.2 Å². The highest BCUT2D eigenvalue weighted by Crippen LogP contribution is 2.36. The van der Waals surface area contributed by atoms with Gasteiger partial charge in [-0.1, -0.05) is 48.5 Å². The summed E-state index contributed by atoms with van der Waals surface area (Å²) >= 11 is 0.755. The summed E-state index contributed by atoms with van der Waals surface area (Å²) in [5, 5.41) is 31.4. The Hall–Kier alpha value is -4.83. The van der Waals surface area contributed by atoms with Crippen molar-refractivity contribution in [3.8, 4) is 5.75 Å². The number of nitro benzene ring substituents is 1. The minimum atomic E-state index is -0.519. The van der Waals surface area contributed by atoms with Gasteiger partial charge in [-0.3, -0.25) is 24.6 Å². The monoisotopic (exact) mass is 510 g/mol. The van der Waals surface area contributed by atoms with Gasteiger partial charge in [0.1, 0.15) is 5.75 Å². The third-order valence-corrected chi connectivity index (χ3v) is 6.61. The first-order chi connectivity index (χ1) is 17.9. The molecule has 5 rings (SSSR count). The number of carbonyl (C=O) groups is 2. The molecule has 1 fully saturated rings. The van der Waals surface area contributed by atoms with Gasteiger partial charge in [0.2, 0.25) is 0 Å². The van der Waals surface area contributed by atoms with E-state index >= 15 is 0 Å². The van der Waals surface area contributed by atoms with Crippen molar-refractivity contribution in [1.82, 2.24) is 4.90 Å². The average Bonchev–Trinajstić information content (AvgIpc) is 3.16. The smallest absolute Gasteiger partial charge is 0.293 e. The fraction of sp³-hybridized carbons (Fsp3) is 0.0370. The lowest BCUT2D eigenvalue weighted by Gasteiger charge is -2.12. The minimum Gasteiger partial charge on any atom is -0.507 e. The summed E-state index contributed by atoms with van der Waals surface area (Å²) in [5.41, 5.74) is 1.97. The second-order valence-electron chi connectivity index (χ2n) is 8.13. The van der Waals surface area contributed by atoms with Gasteiger partial charge in [-0.05, 0) is 53.1 Å². The van der Waals surface area contributed by atoms with E-state index in [1.54, 1.807) is 12.1 Å². The molecule has 37 heavy (non-hydrogen) atoms. The molecule has 2 amide bonds. The molecule has 0 radical (unpaired) electrons. The number of nitro groups is 1. The molecule has 0 aromatic heterocycles. The van der Waals surface area contributed by atoms with Crippen molar-refractivity contribution < 1.29 is 19.6 Å². The second-order valence-corrected chi connectivity index (χ2v) is 9.13. The van der Waals surface area contributed by atoms with E-state index in [0.29, 0.717) is 22.5 Å². The molecular weight excluding hydrogens is 492 g/mol.